The Kier molecular flexibility index (Phi) is 3.37. The first-order chi connectivity index (χ1) is 10.4. The van der Waals surface area contributed by atoms with Gasteiger partial charge in [-0.2, -0.15) is 0 Å². The molecule has 1 aliphatic heterocycles. The molecule has 0 spiro atoms. The third-order valence-corrected chi connectivity index (χ3v) is 4.97. The van der Waals surface area contributed by atoms with Gasteiger partial charge in [0.05, 0.1) is 6.54 Å². The molecule has 5 heteroatoms. The van der Waals surface area contributed by atoms with Crippen LogP contribution >= 0.6 is 11.8 Å². The highest BCUT2D eigenvalue weighted by Gasteiger charge is 2.20. The number of hydrogen-bond acceptors (Lipinski definition) is 4. The second-order valence-electron chi connectivity index (χ2n) is 5.15. The van der Waals surface area contributed by atoms with Crippen LogP contribution in [0.1, 0.15) is 23.9 Å². The van der Waals surface area contributed by atoms with Crippen molar-refractivity contribution in [1.82, 2.24) is 19.9 Å². The van der Waals surface area contributed by atoms with E-state index in [-0.39, 0.29) is 0 Å². The molecular weight excluding hydrogens is 280 g/mol. The molecule has 0 radical (unpaired) electrons. The number of aromatic nitrogens is 3. The molecule has 21 heavy (non-hydrogen) atoms. The van der Waals surface area contributed by atoms with Crippen LogP contribution in [0.4, 0.5) is 0 Å². The Labute approximate surface area is 127 Å². The van der Waals surface area contributed by atoms with Crippen molar-refractivity contribution in [1.29, 1.82) is 0 Å². The molecule has 0 saturated heterocycles. The number of nitrogens with one attached hydrogen (secondary N) is 1. The fourth-order valence-corrected chi connectivity index (χ4v) is 3.91. The van der Waals surface area contributed by atoms with E-state index < -0.39 is 0 Å². The lowest BCUT2D eigenvalue weighted by Crippen LogP contribution is -2.25. The zero-order valence-electron chi connectivity index (χ0n) is 11.6. The van der Waals surface area contributed by atoms with E-state index in [1.54, 1.807) is 0 Å². The third-order valence-electron chi connectivity index (χ3n) is 3.85. The second-order valence-corrected chi connectivity index (χ2v) is 6.29. The van der Waals surface area contributed by atoms with Crippen molar-refractivity contribution >= 4 is 17.4 Å². The fraction of sp³-hybridized carbons (Fsp3) is 0.250. The van der Waals surface area contributed by atoms with Gasteiger partial charge in [-0.15, -0.1) is 22.0 Å². The van der Waals surface area contributed by atoms with Crippen molar-refractivity contribution in [3.63, 3.8) is 0 Å². The van der Waals surface area contributed by atoms with Gasteiger partial charge in [-0.1, -0.05) is 24.3 Å². The molecule has 4 rings (SSSR count). The van der Waals surface area contributed by atoms with Crippen LogP contribution in [0.5, 0.6) is 0 Å². The molecule has 1 aromatic carbocycles. The Bertz CT molecular complexity index is 768. The van der Waals surface area contributed by atoms with Crippen LogP contribution in [0, 0.1) is 0 Å². The Morgan fingerprint density at radius 2 is 2.05 bits per heavy atom. The van der Waals surface area contributed by atoms with Gasteiger partial charge >= 0.3 is 0 Å². The predicted octanol–water partition coefficient (Wildman–Crippen LogP) is 3.06. The van der Waals surface area contributed by atoms with Gasteiger partial charge in [0.1, 0.15) is 0 Å². The summed E-state index contributed by atoms with van der Waals surface area (Å²) < 4.78 is 2.04. The Balaban J connectivity index is 1.55. The largest absolute Gasteiger partial charge is 0.303 e. The lowest BCUT2D eigenvalue weighted by Gasteiger charge is -2.25. The van der Waals surface area contributed by atoms with E-state index in [1.807, 2.05) is 40.6 Å². The van der Waals surface area contributed by atoms with Crippen LogP contribution in [-0.2, 0) is 6.54 Å². The van der Waals surface area contributed by atoms with Crippen molar-refractivity contribution in [2.45, 2.75) is 23.9 Å². The molecule has 0 saturated carbocycles. The maximum Gasteiger partial charge on any atom is 0.160 e. The Hall–Kier alpha value is -1.85. The van der Waals surface area contributed by atoms with E-state index >= 15 is 0 Å². The average molecular weight is 296 g/mol. The van der Waals surface area contributed by atoms with Crippen LogP contribution in [0.2, 0.25) is 0 Å². The first kappa shape index (κ1) is 12.9. The summed E-state index contributed by atoms with van der Waals surface area (Å²) in [7, 11) is 0. The molecule has 3 heterocycles. The summed E-state index contributed by atoms with van der Waals surface area (Å²) in [5.74, 6) is 2.12. The highest BCUT2D eigenvalue weighted by atomic mass is 32.2. The number of thioether (sulfide) groups is 1. The monoisotopic (exact) mass is 296 g/mol. The molecule has 1 unspecified atom stereocenters. The van der Waals surface area contributed by atoms with Crippen molar-refractivity contribution in [2.75, 3.05) is 5.75 Å². The van der Waals surface area contributed by atoms with Crippen LogP contribution < -0.4 is 5.32 Å². The molecule has 2 aromatic heterocycles. The number of pyridine rings is 1. The summed E-state index contributed by atoms with van der Waals surface area (Å²) in [6.45, 7) is 0.731. The maximum atomic E-state index is 4.28. The molecule has 1 N–H and O–H groups in total. The minimum absolute atomic E-state index is 0.401. The van der Waals surface area contributed by atoms with E-state index in [9.17, 15) is 0 Å². The van der Waals surface area contributed by atoms with Crippen molar-refractivity contribution in [3.05, 3.63) is 60.0 Å². The van der Waals surface area contributed by atoms with Crippen molar-refractivity contribution < 1.29 is 0 Å². The Morgan fingerprint density at radius 3 is 3.05 bits per heavy atom. The minimum atomic E-state index is 0.401. The molecule has 1 aliphatic rings. The van der Waals surface area contributed by atoms with Crippen molar-refractivity contribution in [2.24, 2.45) is 0 Å². The average Bonchev–Trinajstić information content (AvgIpc) is 2.96. The number of nitrogens with zero attached hydrogens (tertiary/aromatic N) is 3. The zero-order valence-corrected chi connectivity index (χ0v) is 12.4. The number of hydrogen-bond donors (Lipinski definition) is 1. The van der Waals surface area contributed by atoms with Crippen LogP contribution in [0.15, 0.2) is 53.6 Å². The van der Waals surface area contributed by atoms with Gasteiger partial charge < -0.3 is 5.32 Å². The predicted molar refractivity (Wildman–Crippen MR) is 84.4 cm³/mol. The summed E-state index contributed by atoms with van der Waals surface area (Å²) in [5.41, 5.74) is 2.30. The van der Waals surface area contributed by atoms with E-state index in [0.29, 0.717) is 6.04 Å². The molecule has 0 bridgehead atoms. The van der Waals surface area contributed by atoms with Gasteiger partial charge in [0.25, 0.3) is 0 Å². The summed E-state index contributed by atoms with van der Waals surface area (Å²) in [5, 5.41) is 12.1. The van der Waals surface area contributed by atoms with Crippen LogP contribution in [0.25, 0.3) is 5.65 Å². The number of rotatable bonds is 3. The van der Waals surface area contributed by atoms with Crippen LogP contribution in [-0.4, -0.2) is 20.4 Å². The lowest BCUT2D eigenvalue weighted by atomic mass is 10.0. The van der Waals surface area contributed by atoms with Gasteiger partial charge in [0, 0.05) is 17.1 Å². The lowest BCUT2D eigenvalue weighted by molar-refractivity contribution is 0.498. The topological polar surface area (TPSA) is 42.2 Å². The highest BCUT2D eigenvalue weighted by molar-refractivity contribution is 7.99. The smallest absolute Gasteiger partial charge is 0.160 e. The van der Waals surface area contributed by atoms with Gasteiger partial charge in [-0.3, -0.25) is 4.40 Å². The van der Waals surface area contributed by atoms with Gasteiger partial charge in [0.15, 0.2) is 11.5 Å². The summed E-state index contributed by atoms with van der Waals surface area (Å²) in [6, 6.07) is 15.0. The first-order valence-corrected chi connectivity index (χ1v) is 8.14. The maximum absolute atomic E-state index is 4.28. The molecule has 0 aliphatic carbocycles. The number of fused-ring (bicyclic) bond motifs is 2. The molecule has 3 aromatic rings. The summed E-state index contributed by atoms with van der Waals surface area (Å²) in [4.78, 5) is 1.40. The SMILES string of the molecule is c1ccc2c(c1)SCCC2NCc1nnc2ccccn12. The second kappa shape index (κ2) is 5.50. The van der Waals surface area contributed by atoms with E-state index in [0.717, 1.165) is 30.2 Å². The van der Waals surface area contributed by atoms with Gasteiger partial charge in [0.2, 0.25) is 0 Å². The van der Waals surface area contributed by atoms with E-state index in [1.165, 1.54) is 10.5 Å². The molecule has 0 fully saturated rings. The Morgan fingerprint density at radius 1 is 1.14 bits per heavy atom. The minimum Gasteiger partial charge on any atom is -0.303 e. The van der Waals surface area contributed by atoms with Gasteiger partial charge in [-0.25, -0.2) is 0 Å². The molecule has 1 atom stereocenters. The zero-order chi connectivity index (χ0) is 14.1. The van der Waals surface area contributed by atoms with Crippen molar-refractivity contribution in [3.8, 4) is 0 Å². The van der Waals surface area contributed by atoms with E-state index in [2.05, 4.69) is 39.8 Å². The van der Waals surface area contributed by atoms with Gasteiger partial charge in [-0.05, 0) is 35.9 Å². The van der Waals surface area contributed by atoms with E-state index in [4.69, 9.17) is 0 Å². The standard InChI is InChI=1S/C16H16N4S/c1-2-6-14-12(5-1)13(8-10-21-14)17-11-16-19-18-15-7-3-4-9-20(15)16/h1-7,9,13,17H,8,10-11H2. The quantitative estimate of drug-likeness (QED) is 0.806. The molecule has 4 nitrogen and oxygen atoms in total. The third kappa shape index (κ3) is 2.43. The number of benzene rings is 1. The fourth-order valence-electron chi connectivity index (χ4n) is 2.78. The molecular formula is C16H16N4S. The summed E-state index contributed by atoms with van der Waals surface area (Å²) in [6.07, 6.45) is 3.16. The molecule has 106 valence electrons. The molecule has 0 amide bonds. The normalized spacial score (nSPS) is 17.8. The highest BCUT2D eigenvalue weighted by Crippen LogP contribution is 2.35. The first-order valence-electron chi connectivity index (χ1n) is 7.15. The summed E-state index contributed by atoms with van der Waals surface area (Å²) >= 11 is 1.95. The van der Waals surface area contributed by atoms with Crippen LogP contribution in [0.3, 0.4) is 0 Å².